The van der Waals surface area contributed by atoms with Gasteiger partial charge in [0.05, 0.1) is 0 Å². The SMILES string of the molecule is CCc1cc2c(C(C)C)cc(C(C)C)cc2[cH-]1.CCc1cc2c(C(C)C)cc(C(C)C)cc2[cH-]1.C[Si](C)=[Zr+2].[Cl-].[Cl-].[Cl-].[Cl-].[Zr+4]. The number of hydrogen-bond donors (Lipinski definition) is 0. The first-order chi connectivity index (χ1) is 17.8. The first-order valence-electron chi connectivity index (χ1n) is 14.8. The second-order valence-electron chi connectivity index (χ2n) is 12.3. The number of hydrogen-bond acceptors (Lipinski definition) is 0. The Kier molecular flexibility index (Phi) is 28.3. The average molecular weight is 837 g/mol. The summed E-state index contributed by atoms with van der Waals surface area (Å²) in [6, 6.07) is 19.0. The standard InChI is InChI=1S/2C17H23.C2H6Si.4ClH.2Zr/c2*1-6-13-7-15-9-14(11(2)3)10-16(12(4)5)17(15)8-13;1-3-2;;;;;;/h2*7-12H,6H2,1-5H3;1-2H3;4*1H;;/q2*-1;;;;;;+2;+4/p-4. The van der Waals surface area contributed by atoms with Gasteiger partial charge < -0.3 is 49.6 Å². The van der Waals surface area contributed by atoms with Gasteiger partial charge in [0.25, 0.3) is 0 Å². The molecule has 43 heavy (non-hydrogen) atoms. The van der Waals surface area contributed by atoms with Crippen molar-refractivity contribution in [2.75, 3.05) is 0 Å². The van der Waals surface area contributed by atoms with Crippen molar-refractivity contribution in [3.8, 4) is 0 Å². The molecule has 0 spiro atoms. The maximum absolute atomic E-state index is 2.40. The molecule has 0 fully saturated rings. The van der Waals surface area contributed by atoms with Gasteiger partial charge in [-0.2, -0.15) is 12.1 Å². The maximum atomic E-state index is 2.40. The molecule has 0 radical (unpaired) electrons. The van der Waals surface area contributed by atoms with Crippen LogP contribution in [0.4, 0.5) is 0 Å². The van der Waals surface area contributed by atoms with Crippen LogP contribution in [0.1, 0.15) is 126 Å². The molecular formula is C36H52Cl4SiZr2. The molecule has 236 valence electrons. The number of rotatable bonds is 6. The molecule has 0 aliphatic heterocycles. The molecule has 4 aromatic carbocycles. The summed E-state index contributed by atoms with van der Waals surface area (Å²) in [4.78, 5) is 0. The molecule has 0 aromatic heterocycles. The van der Waals surface area contributed by atoms with Crippen LogP contribution in [-0.4, -0.2) is 5.43 Å². The van der Waals surface area contributed by atoms with E-state index in [1.165, 1.54) is 54.9 Å². The fraction of sp³-hybridized carbons (Fsp3) is 0.500. The number of halogens is 4. The Bertz CT molecular complexity index is 1250. The topological polar surface area (TPSA) is 0 Å². The van der Waals surface area contributed by atoms with E-state index in [0.717, 1.165) is 12.8 Å². The Balaban J connectivity index is -0.000000285. The van der Waals surface area contributed by atoms with Gasteiger partial charge in [0.2, 0.25) is 0 Å². The summed E-state index contributed by atoms with van der Waals surface area (Å²) in [5.41, 5.74) is 9.08. The van der Waals surface area contributed by atoms with Gasteiger partial charge in [-0.15, -0.1) is 56.9 Å². The maximum Gasteiger partial charge on any atom is 4.00 e. The molecule has 0 heterocycles. The van der Waals surface area contributed by atoms with Crippen LogP contribution in [0, 0.1) is 0 Å². The Morgan fingerprint density at radius 2 is 0.837 bits per heavy atom. The van der Waals surface area contributed by atoms with Crippen molar-refractivity contribution in [3.05, 3.63) is 81.9 Å². The fourth-order valence-corrected chi connectivity index (χ4v) is 4.90. The van der Waals surface area contributed by atoms with Gasteiger partial charge in [-0.25, -0.2) is 0 Å². The zero-order valence-electron chi connectivity index (χ0n) is 28.4. The number of aryl methyl sites for hydroxylation is 2. The molecule has 0 saturated carbocycles. The van der Waals surface area contributed by atoms with Crippen LogP contribution in [0.15, 0.2) is 48.5 Å². The van der Waals surface area contributed by atoms with Gasteiger partial charge in [-0.3, -0.25) is 0 Å². The third kappa shape index (κ3) is 15.1. The van der Waals surface area contributed by atoms with Crippen LogP contribution in [0.3, 0.4) is 0 Å². The van der Waals surface area contributed by atoms with Crippen molar-refractivity contribution < 1.29 is 99.2 Å². The Labute approximate surface area is 323 Å². The summed E-state index contributed by atoms with van der Waals surface area (Å²) < 4.78 is 0. The van der Waals surface area contributed by atoms with Crippen molar-refractivity contribution >= 4 is 27.0 Å². The van der Waals surface area contributed by atoms with Crippen molar-refractivity contribution in [3.63, 3.8) is 0 Å². The van der Waals surface area contributed by atoms with Crippen molar-refractivity contribution in [1.82, 2.24) is 0 Å². The van der Waals surface area contributed by atoms with Crippen molar-refractivity contribution in [2.45, 2.75) is 119 Å². The van der Waals surface area contributed by atoms with Crippen LogP contribution in [0.2, 0.25) is 13.1 Å². The summed E-state index contributed by atoms with van der Waals surface area (Å²) in [7, 11) is 0. The zero-order chi connectivity index (χ0) is 28.7. The molecule has 0 saturated heterocycles. The van der Waals surface area contributed by atoms with E-state index in [9.17, 15) is 0 Å². The van der Waals surface area contributed by atoms with Gasteiger partial charge in [0.1, 0.15) is 0 Å². The molecule has 0 aliphatic carbocycles. The van der Waals surface area contributed by atoms with E-state index in [2.05, 4.69) is 131 Å². The molecule has 0 N–H and O–H groups in total. The van der Waals surface area contributed by atoms with E-state index >= 15 is 0 Å². The van der Waals surface area contributed by atoms with E-state index in [-0.39, 0.29) is 81.3 Å². The second kappa shape index (κ2) is 24.0. The molecule has 0 atom stereocenters. The van der Waals surface area contributed by atoms with Crippen LogP contribution in [0.5, 0.6) is 0 Å². The summed E-state index contributed by atoms with van der Waals surface area (Å²) >= 11 is 1.74. The Morgan fingerprint density at radius 3 is 1.05 bits per heavy atom. The first kappa shape index (κ1) is 50.7. The predicted octanol–water partition coefficient (Wildman–Crippen LogP) is -0.466. The molecule has 4 aromatic rings. The van der Waals surface area contributed by atoms with Crippen LogP contribution in [0.25, 0.3) is 21.5 Å². The van der Waals surface area contributed by atoms with Gasteiger partial charge in [-0.05, 0) is 36.5 Å². The molecule has 0 nitrogen and oxygen atoms in total. The molecule has 0 unspecified atom stereocenters. The fourth-order valence-electron chi connectivity index (χ4n) is 4.90. The van der Waals surface area contributed by atoms with E-state index in [4.69, 9.17) is 0 Å². The minimum atomic E-state index is 0. The molecule has 0 amide bonds. The van der Waals surface area contributed by atoms with Gasteiger partial charge in [0.15, 0.2) is 0 Å². The molecule has 7 heteroatoms. The Morgan fingerprint density at radius 1 is 0.558 bits per heavy atom. The first-order valence-corrected chi connectivity index (χ1v) is 21.0. The molecule has 0 bridgehead atoms. The predicted molar refractivity (Wildman–Crippen MR) is 172 cm³/mol. The van der Waals surface area contributed by atoms with E-state index in [1.807, 2.05) is 0 Å². The number of fused-ring (bicyclic) bond motifs is 2. The largest absolute Gasteiger partial charge is 4.00 e. The van der Waals surface area contributed by atoms with Crippen LogP contribution in [-0.2, 0) is 62.4 Å². The third-order valence-corrected chi connectivity index (χ3v) is 7.27. The second-order valence-corrected chi connectivity index (χ2v) is 21.7. The van der Waals surface area contributed by atoms with Gasteiger partial charge >= 0.3 is 68.1 Å². The third-order valence-electron chi connectivity index (χ3n) is 7.27. The summed E-state index contributed by atoms with van der Waals surface area (Å²) in [5.74, 6) is 2.42. The molecule has 4 rings (SSSR count). The van der Waals surface area contributed by atoms with Crippen LogP contribution < -0.4 is 49.6 Å². The molecule has 0 aliphatic rings. The summed E-state index contributed by atoms with van der Waals surface area (Å²) in [6.45, 7) is 27.3. The monoisotopic (exact) mass is 832 g/mol. The van der Waals surface area contributed by atoms with E-state index in [1.54, 1.807) is 23.3 Å². The van der Waals surface area contributed by atoms with Gasteiger partial charge in [-0.1, -0.05) is 104 Å². The average Bonchev–Trinajstić information content (AvgIpc) is 3.45. The zero-order valence-corrected chi connectivity index (χ0v) is 37.3. The van der Waals surface area contributed by atoms with E-state index in [0.29, 0.717) is 23.7 Å². The number of benzene rings is 2. The van der Waals surface area contributed by atoms with Crippen molar-refractivity contribution in [1.29, 1.82) is 0 Å². The summed E-state index contributed by atoms with van der Waals surface area (Å²) in [5, 5.41) is 5.77. The van der Waals surface area contributed by atoms with Gasteiger partial charge in [0, 0.05) is 0 Å². The normalized spacial score (nSPS) is 10.1. The Hall–Kier alpha value is 0.803. The minimum absolute atomic E-state index is 0. The smallest absolute Gasteiger partial charge is 1.00 e. The van der Waals surface area contributed by atoms with Crippen LogP contribution >= 0.6 is 0 Å². The molecular weight excluding hydrogens is 785 g/mol. The summed E-state index contributed by atoms with van der Waals surface area (Å²) in [6.07, 6.45) is 2.26. The minimum Gasteiger partial charge on any atom is -1.00 e. The quantitative estimate of drug-likeness (QED) is 0.183. The van der Waals surface area contributed by atoms with Crippen molar-refractivity contribution in [2.24, 2.45) is 0 Å². The van der Waals surface area contributed by atoms with E-state index < -0.39 is 0 Å².